The van der Waals surface area contributed by atoms with E-state index in [1.165, 1.54) is 0 Å². The van der Waals surface area contributed by atoms with Gasteiger partial charge in [-0.2, -0.15) is 11.8 Å². The van der Waals surface area contributed by atoms with Crippen molar-refractivity contribution in [1.29, 1.82) is 0 Å². The Labute approximate surface area is 120 Å². The van der Waals surface area contributed by atoms with Crippen molar-refractivity contribution < 1.29 is 15.0 Å². The molecule has 112 valence electrons. The van der Waals surface area contributed by atoms with Crippen molar-refractivity contribution in [2.24, 2.45) is 5.92 Å². The number of carbonyl (C=O) groups is 1. The molecule has 0 aromatic heterocycles. The molecule has 0 radical (unpaired) electrons. The van der Waals surface area contributed by atoms with Gasteiger partial charge in [0.05, 0.1) is 11.5 Å². The monoisotopic (exact) mass is 289 g/mol. The summed E-state index contributed by atoms with van der Waals surface area (Å²) in [6, 6.07) is 0.483. The Hall–Kier alpha value is -0.260. The van der Waals surface area contributed by atoms with Gasteiger partial charge in [0.15, 0.2) is 0 Å². The molecule has 0 spiro atoms. The Bertz CT molecular complexity index is 290. The van der Waals surface area contributed by atoms with Gasteiger partial charge in [0.2, 0.25) is 0 Å². The zero-order valence-electron chi connectivity index (χ0n) is 12.3. The minimum Gasteiger partial charge on any atom is -0.481 e. The number of carboxylic acids is 1. The fraction of sp³-hybridized carbons (Fsp3) is 0.929. The van der Waals surface area contributed by atoms with Gasteiger partial charge in [0, 0.05) is 18.3 Å². The molecule has 1 atom stereocenters. The highest BCUT2D eigenvalue weighted by Gasteiger charge is 2.37. The van der Waals surface area contributed by atoms with Crippen molar-refractivity contribution in [1.82, 2.24) is 4.90 Å². The topological polar surface area (TPSA) is 60.8 Å². The first kappa shape index (κ1) is 16.8. The number of likely N-dealkylation sites (N-methyl/N-ethyl adjacent to an activating group) is 1. The van der Waals surface area contributed by atoms with Gasteiger partial charge in [-0.1, -0.05) is 6.92 Å². The summed E-state index contributed by atoms with van der Waals surface area (Å²) in [6.45, 7) is 2.82. The molecule has 0 amide bonds. The van der Waals surface area contributed by atoms with E-state index in [1.54, 1.807) is 0 Å². The summed E-state index contributed by atoms with van der Waals surface area (Å²) in [4.78, 5) is 13.2. The molecule has 19 heavy (non-hydrogen) atoms. The van der Waals surface area contributed by atoms with Gasteiger partial charge in [-0.15, -0.1) is 0 Å². The predicted octanol–water partition coefficient (Wildman–Crippen LogP) is 2.07. The van der Waals surface area contributed by atoms with Crippen LogP contribution in [0.15, 0.2) is 0 Å². The largest absolute Gasteiger partial charge is 0.481 e. The highest BCUT2D eigenvalue weighted by Crippen LogP contribution is 2.33. The lowest BCUT2D eigenvalue weighted by molar-refractivity contribution is -0.145. The van der Waals surface area contributed by atoms with E-state index in [0.717, 1.165) is 12.2 Å². The van der Waals surface area contributed by atoms with Crippen LogP contribution in [0, 0.1) is 5.92 Å². The quantitative estimate of drug-likeness (QED) is 0.751. The maximum absolute atomic E-state index is 10.9. The molecule has 1 rings (SSSR count). The number of rotatable bonds is 7. The SMILES string of the molecule is CCC(CSC)N(C)CC1(O)CCC(C(=O)O)CC1. The van der Waals surface area contributed by atoms with Crippen LogP contribution in [0.4, 0.5) is 0 Å². The molecule has 1 saturated carbocycles. The summed E-state index contributed by atoms with van der Waals surface area (Å²) >= 11 is 1.83. The van der Waals surface area contributed by atoms with Crippen LogP contribution in [0.3, 0.4) is 0 Å². The van der Waals surface area contributed by atoms with Crippen LogP contribution < -0.4 is 0 Å². The van der Waals surface area contributed by atoms with Crippen LogP contribution >= 0.6 is 11.8 Å². The van der Waals surface area contributed by atoms with E-state index < -0.39 is 11.6 Å². The standard InChI is InChI=1S/C14H27NO3S/c1-4-12(9-19-3)15(2)10-14(18)7-5-11(6-8-14)13(16)17/h11-12,18H,4-10H2,1-3H3,(H,16,17). The van der Waals surface area contributed by atoms with Crippen LogP contribution in [-0.4, -0.2) is 58.3 Å². The molecule has 0 aromatic rings. The van der Waals surface area contributed by atoms with Crippen LogP contribution in [0.25, 0.3) is 0 Å². The van der Waals surface area contributed by atoms with Crippen LogP contribution in [0.2, 0.25) is 0 Å². The van der Waals surface area contributed by atoms with Crippen molar-refractivity contribution in [2.75, 3.05) is 25.6 Å². The highest BCUT2D eigenvalue weighted by atomic mass is 32.2. The summed E-state index contributed by atoms with van der Waals surface area (Å²) in [6.07, 6.45) is 5.57. The highest BCUT2D eigenvalue weighted by molar-refractivity contribution is 7.98. The third-order valence-corrected chi connectivity index (χ3v) is 4.98. The number of hydrogen-bond donors (Lipinski definition) is 2. The van der Waals surface area contributed by atoms with E-state index in [1.807, 2.05) is 11.8 Å². The third kappa shape index (κ3) is 4.97. The molecule has 0 aromatic carbocycles. The molecule has 0 heterocycles. The van der Waals surface area contributed by atoms with E-state index in [9.17, 15) is 9.90 Å². The average Bonchev–Trinajstić information content (AvgIpc) is 2.35. The number of hydrogen-bond acceptors (Lipinski definition) is 4. The smallest absolute Gasteiger partial charge is 0.306 e. The molecular formula is C14H27NO3S. The Balaban J connectivity index is 2.49. The van der Waals surface area contributed by atoms with E-state index in [2.05, 4.69) is 25.1 Å². The first-order valence-corrected chi connectivity index (χ1v) is 8.45. The molecule has 4 nitrogen and oxygen atoms in total. The number of aliphatic carboxylic acids is 1. The number of thioether (sulfide) groups is 1. The van der Waals surface area contributed by atoms with E-state index >= 15 is 0 Å². The van der Waals surface area contributed by atoms with E-state index in [-0.39, 0.29) is 5.92 Å². The van der Waals surface area contributed by atoms with Gasteiger partial charge >= 0.3 is 5.97 Å². The van der Waals surface area contributed by atoms with Crippen molar-refractivity contribution in [2.45, 2.75) is 50.7 Å². The normalized spacial score (nSPS) is 29.4. The van der Waals surface area contributed by atoms with Crippen LogP contribution in [0.1, 0.15) is 39.0 Å². The van der Waals surface area contributed by atoms with Crippen LogP contribution in [-0.2, 0) is 4.79 Å². The van der Waals surface area contributed by atoms with Crippen molar-refractivity contribution in [3.63, 3.8) is 0 Å². The minimum atomic E-state index is -0.718. The molecule has 0 saturated heterocycles. The first-order chi connectivity index (χ1) is 8.91. The summed E-state index contributed by atoms with van der Waals surface area (Å²) in [5.74, 6) is 0.0869. The second-order valence-corrected chi connectivity index (χ2v) is 6.68. The van der Waals surface area contributed by atoms with E-state index in [4.69, 9.17) is 5.11 Å². The Morgan fingerprint density at radius 1 is 1.47 bits per heavy atom. The maximum atomic E-state index is 10.9. The van der Waals surface area contributed by atoms with Gasteiger partial charge in [-0.25, -0.2) is 0 Å². The average molecular weight is 289 g/mol. The van der Waals surface area contributed by atoms with Gasteiger partial charge < -0.3 is 10.2 Å². The summed E-state index contributed by atoms with van der Waals surface area (Å²) < 4.78 is 0. The summed E-state index contributed by atoms with van der Waals surface area (Å²) in [7, 11) is 2.06. The number of nitrogens with zero attached hydrogens (tertiary/aromatic N) is 1. The third-order valence-electron chi connectivity index (χ3n) is 4.26. The molecule has 0 bridgehead atoms. The maximum Gasteiger partial charge on any atom is 0.306 e. The summed E-state index contributed by atoms with van der Waals surface area (Å²) in [5, 5.41) is 19.6. The molecule has 1 aliphatic carbocycles. The Morgan fingerprint density at radius 2 is 2.05 bits per heavy atom. The molecular weight excluding hydrogens is 262 g/mol. The van der Waals surface area contributed by atoms with Crippen molar-refractivity contribution in [3.05, 3.63) is 0 Å². The molecule has 1 fully saturated rings. The molecule has 5 heteroatoms. The number of aliphatic hydroxyl groups is 1. The molecule has 0 aliphatic heterocycles. The number of carboxylic acid groups (broad SMARTS) is 1. The Morgan fingerprint density at radius 3 is 2.47 bits per heavy atom. The predicted molar refractivity (Wildman–Crippen MR) is 79.6 cm³/mol. The van der Waals surface area contributed by atoms with E-state index in [0.29, 0.717) is 38.3 Å². The zero-order valence-corrected chi connectivity index (χ0v) is 13.1. The first-order valence-electron chi connectivity index (χ1n) is 7.06. The minimum absolute atomic E-state index is 0.265. The fourth-order valence-electron chi connectivity index (χ4n) is 2.90. The second-order valence-electron chi connectivity index (χ2n) is 5.77. The second kappa shape index (κ2) is 7.50. The lowest BCUT2D eigenvalue weighted by Gasteiger charge is -2.39. The summed E-state index contributed by atoms with van der Waals surface area (Å²) in [5.41, 5.74) is -0.702. The van der Waals surface area contributed by atoms with Gasteiger partial charge in [-0.3, -0.25) is 9.69 Å². The van der Waals surface area contributed by atoms with Crippen molar-refractivity contribution >= 4 is 17.7 Å². The lowest BCUT2D eigenvalue weighted by Crippen LogP contribution is -2.48. The van der Waals surface area contributed by atoms with Crippen molar-refractivity contribution in [3.8, 4) is 0 Å². The fourth-order valence-corrected chi connectivity index (χ4v) is 3.78. The van der Waals surface area contributed by atoms with Crippen LogP contribution in [0.5, 0.6) is 0 Å². The van der Waals surface area contributed by atoms with Gasteiger partial charge in [0.25, 0.3) is 0 Å². The molecule has 1 unspecified atom stereocenters. The molecule has 1 aliphatic rings. The Kier molecular flexibility index (Phi) is 6.63. The molecule has 2 N–H and O–H groups in total. The zero-order chi connectivity index (χ0) is 14.5. The lowest BCUT2D eigenvalue weighted by atomic mass is 9.78. The van der Waals surface area contributed by atoms with Gasteiger partial charge in [0.1, 0.15) is 0 Å². The van der Waals surface area contributed by atoms with Gasteiger partial charge in [-0.05, 0) is 45.4 Å².